The second-order valence-electron chi connectivity index (χ2n) is 4.22. The fraction of sp³-hybridized carbons (Fsp3) is 0.500. The van der Waals surface area contributed by atoms with Crippen LogP contribution in [-0.4, -0.2) is 46.1 Å². The lowest BCUT2D eigenvalue weighted by Gasteiger charge is -2.11. The van der Waals surface area contributed by atoms with Crippen LogP contribution in [0, 0.1) is 0 Å². The monoisotopic (exact) mass is 267 g/mol. The first-order valence-corrected chi connectivity index (χ1v) is 6.44. The Morgan fingerprint density at radius 1 is 1.26 bits per heavy atom. The van der Waals surface area contributed by atoms with Crippen LogP contribution in [0.1, 0.15) is 5.56 Å². The predicted octanol–water partition coefficient (Wildman–Crippen LogP) is -0.472. The van der Waals surface area contributed by atoms with Crippen LogP contribution in [0.5, 0.6) is 0 Å². The number of methoxy groups -OCH3 is 2. The Morgan fingerprint density at radius 2 is 1.95 bits per heavy atom. The third kappa shape index (κ3) is 6.91. The Hall–Kier alpha value is -1.43. The summed E-state index contributed by atoms with van der Waals surface area (Å²) in [5.74, 6) is 0.0295. The van der Waals surface area contributed by atoms with Gasteiger partial charge >= 0.3 is 0 Å². The number of carbonyl (C=O) groups excluding carboxylic acids is 1. The number of ether oxygens (including phenoxy) is 2. The Bertz CT molecular complexity index is 353. The molecule has 5 nitrogen and oxygen atoms in total. The highest BCUT2D eigenvalue weighted by molar-refractivity contribution is 5.76. The highest BCUT2D eigenvalue weighted by Crippen LogP contribution is 1.97. The van der Waals surface area contributed by atoms with Crippen molar-refractivity contribution in [3.8, 4) is 0 Å². The molecule has 19 heavy (non-hydrogen) atoms. The lowest BCUT2D eigenvalue weighted by molar-refractivity contribution is -0.657. The van der Waals surface area contributed by atoms with E-state index >= 15 is 0 Å². The van der Waals surface area contributed by atoms with E-state index in [1.165, 1.54) is 5.56 Å². The first kappa shape index (κ1) is 15.6. The average molecular weight is 267 g/mol. The van der Waals surface area contributed by atoms with E-state index in [4.69, 9.17) is 9.47 Å². The highest BCUT2D eigenvalue weighted by atomic mass is 16.7. The van der Waals surface area contributed by atoms with Gasteiger partial charge in [-0.05, 0) is 12.0 Å². The minimum absolute atomic E-state index is 0.0295. The zero-order chi connectivity index (χ0) is 13.9. The van der Waals surface area contributed by atoms with Crippen LogP contribution in [0.15, 0.2) is 30.3 Å². The molecular weight excluding hydrogens is 244 g/mol. The standard InChI is InChI=1S/C14H22N2O3/c1-18-14(19-2)11-15-10-13(17)16-9-8-12-6-4-3-5-7-12/h3-7,14-15H,8-11H2,1-2H3,(H,16,17)/p+1. The maximum atomic E-state index is 11.6. The van der Waals surface area contributed by atoms with E-state index in [1.807, 2.05) is 23.5 Å². The van der Waals surface area contributed by atoms with Crippen molar-refractivity contribution in [2.45, 2.75) is 12.7 Å². The molecule has 0 bridgehead atoms. The van der Waals surface area contributed by atoms with E-state index in [9.17, 15) is 4.79 Å². The highest BCUT2D eigenvalue weighted by Gasteiger charge is 2.09. The zero-order valence-corrected chi connectivity index (χ0v) is 11.6. The number of rotatable bonds is 9. The summed E-state index contributed by atoms with van der Waals surface area (Å²) in [6.07, 6.45) is 0.586. The van der Waals surface area contributed by atoms with E-state index in [2.05, 4.69) is 17.4 Å². The maximum absolute atomic E-state index is 11.6. The van der Waals surface area contributed by atoms with Gasteiger partial charge in [0.05, 0.1) is 0 Å². The van der Waals surface area contributed by atoms with Crippen molar-refractivity contribution in [2.24, 2.45) is 0 Å². The summed E-state index contributed by atoms with van der Waals surface area (Å²) in [7, 11) is 3.17. The topological polar surface area (TPSA) is 64.2 Å². The number of nitrogens with two attached hydrogens (primary N) is 1. The van der Waals surface area contributed by atoms with Crippen LogP contribution in [0.25, 0.3) is 0 Å². The summed E-state index contributed by atoms with van der Waals surface area (Å²) < 4.78 is 10.1. The second-order valence-corrected chi connectivity index (χ2v) is 4.22. The van der Waals surface area contributed by atoms with Crippen LogP contribution < -0.4 is 10.6 Å². The van der Waals surface area contributed by atoms with Gasteiger partial charge in [-0.25, -0.2) is 0 Å². The largest absolute Gasteiger partial charge is 0.351 e. The van der Waals surface area contributed by atoms with Crippen molar-refractivity contribution < 1.29 is 19.6 Å². The molecule has 0 spiro atoms. The Balaban J connectivity index is 2.08. The number of carbonyl (C=O) groups is 1. The van der Waals surface area contributed by atoms with Crippen LogP contribution in [0.2, 0.25) is 0 Å². The van der Waals surface area contributed by atoms with E-state index in [0.717, 1.165) is 6.42 Å². The summed E-state index contributed by atoms with van der Waals surface area (Å²) in [6, 6.07) is 10.1. The molecule has 0 heterocycles. The molecule has 0 aliphatic rings. The molecule has 0 saturated heterocycles. The number of benzene rings is 1. The normalized spacial score (nSPS) is 10.7. The molecule has 5 heteroatoms. The third-order valence-corrected chi connectivity index (χ3v) is 2.79. The maximum Gasteiger partial charge on any atom is 0.275 e. The van der Waals surface area contributed by atoms with Crippen molar-refractivity contribution in [1.29, 1.82) is 0 Å². The SMILES string of the molecule is COC(C[NH2+]CC(=O)NCCc1ccccc1)OC. The molecular formula is C14H23N2O3+. The average Bonchev–Trinajstić information content (AvgIpc) is 2.45. The van der Waals surface area contributed by atoms with E-state index in [-0.39, 0.29) is 12.2 Å². The van der Waals surface area contributed by atoms with Gasteiger partial charge < -0.3 is 20.1 Å². The fourth-order valence-corrected chi connectivity index (χ4v) is 1.70. The van der Waals surface area contributed by atoms with Gasteiger partial charge in [-0.2, -0.15) is 0 Å². The zero-order valence-electron chi connectivity index (χ0n) is 11.6. The molecule has 0 fully saturated rings. The van der Waals surface area contributed by atoms with Crippen LogP contribution >= 0.6 is 0 Å². The molecule has 1 amide bonds. The lowest BCUT2D eigenvalue weighted by Crippen LogP contribution is -2.88. The van der Waals surface area contributed by atoms with Gasteiger partial charge in [0, 0.05) is 20.8 Å². The molecule has 106 valence electrons. The van der Waals surface area contributed by atoms with Crippen molar-refractivity contribution in [1.82, 2.24) is 5.32 Å². The summed E-state index contributed by atoms with van der Waals surface area (Å²) in [5, 5.41) is 4.76. The first-order valence-electron chi connectivity index (χ1n) is 6.44. The molecule has 1 aromatic carbocycles. The third-order valence-electron chi connectivity index (χ3n) is 2.79. The molecule has 1 aromatic rings. The molecule has 0 aliphatic carbocycles. The molecule has 0 radical (unpaired) electrons. The van der Waals surface area contributed by atoms with Crippen molar-refractivity contribution in [3.63, 3.8) is 0 Å². The second kappa shape index (κ2) is 9.49. The smallest absolute Gasteiger partial charge is 0.275 e. The number of hydrogen-bond acceptors (Lipinski definition) is 3. The van der Waals surface area contributed by atoms with Gasteiger partial charge in [0.25, 0.3) is 5.91 Å². The quantitative estimate of drug-likeness (QED) is 0.594. The molecule has 0 unspecified atom stereocenters. The Labute approximate surface area is 114 Å². The molecule has 0 aliphatic heterocycles. The van der Waals surface area contributed by atoms with Crippen LogP contribution in [0.3, 0.4) is 0 Å². The fourth-order valence-electron chi connectivity index (χ4n) is 1.70. The molecule has 0 saturated carbocycles. The minimum atomic E-state index is -0.267. The van der Waals surface area contributed by atoms with E-state index in [0.29, 0.717) is 19.6 Å². The van der Waals surface area contributed by atoms with Gasteiger partial charge in [0.15, 0.2) is 6.54 Å². The minimum Gasteiger partial charge on any atom is -0.351 e. The van der Waals surface area contributed by atoms with Gasteiger partial charge in [-0.3, -0.25) is 4.79 Å². The molecule has 1 rings (SSSR count). The summed E-state index contributed by atoms with van der Waals surface area (Å²) in [6.45, 7) is 1.66. The number of nitrogens with one attached hydrogen (secondary N) is 1. The Morgan fingerprint density at radius 3 is 2.58 bits per heavy atom. The van der Waals surface area contributed by atoms with Gasteiger partial charge in [-0.15, -0.1) is 0 Å². The molecule has 0 aromatic heterocycles. The van der Waals surface area contributed by atoms with E-state index < -0.39 is 0 Å². The summed E-state index contributed by atoms with van der Waals surface area (Å²) in [4.78, 5) is 11.6. The first-order chi connectivity index (χ1) is 9.26. The van der Waals surface area contributed by atoms with Gasteiger partial charge in [0.2, 0.25) is 6.29 Å². The van der Waals surface area contributed by atoms with Gasteiger partial charge in [0.1, 0.15) is 6.54 Å². The molecule has 0 atom stereocenters. The van der Waals surface area contributed by atoms with Crippen molar-refractivity contribution in [3.05, 3.63) is 35.9 Å². The predicted molar refractivity (Wildman–Crippen MR) is 72.6 cm³/mol. The molecule has 3 N–H and O–H groups in total. The van der Waals surface area contributed by atoms with E-state index in [1.54, 1.807) is 14.2 Å². The van der Waals surface area contributed by atoms with Crippen molar-refractivity contribution >= 4 is 5.91 Å². The van der Waals surface area contributed by atoms with Crippen LogP contribution in [0.4, 0.5) is 0 Å². The Kier molecular flexibility index (Phi) is 7.81. The van der Waals surface area contributed by atoms with Crippen molar-refractivity contribution in [2.75, 3.05) is 33.9 Å². The number of hydrogen-bond donors (Lipinski definition) is 2. The summed E-state index contributed by atoms with van der Waals surface area (Å²) >= 11 is 0. The van der Waals surface area contributed by atoms with Gasteiger partial charge in [-0.1, -0.05) is 30.3 Å². The lowest BCUT2D eigenvalue weighted by atomic mass is 10.1. The number of amides is 1. The van der Waals surface area contributed by atoms with Crippen LogP contribution in [-0.2, 0) is 20.7 Å². The summed E-state index contributed by atoms with van der Waals surface area (Å²) in [5.41, 5.74) is 1.23. The number of quaternary nitrogens is 1.